The summed E-state index contributed by atoms with van der Waals surface area (Å²) in [5.41, 5.74) is 1.37. The van der Waals surface area contributed by atoms with Crippen LogP contribution in [0.25, 0.3) is 0 Å². The van der Waals surface area contributed by atoms with E-state index in [9.17, 15) is 14.9 Å². The molecule has 0 saturated heterocycles. The van der Waals surface area contributed by atoms with Gasteiger partial charge in [0.1, 0.15) is 0 Å². The predicted molar refractivity (Wildman–Crippen MR) is 75.3 cm³/mol. The topological polar surface area (TPSA) is 60.2 Å². The molecule has 5 heteroatoms. The van der Waals surface area contributed by atoms with E-state index in [1.807, 2.05) is 6.07 Å². The second kappa shape index (κ2) is 5.75. The van der Waals surface area contributed by atoms with Crippen molar-refractivity contribution in [1.82, 2.24) is 0 Å². The second-order valence-electron chi connectivity index (χ2n) is 4.00. The molecule has 0 atom stereocenters. The molecule has 0 bridgehead atoms. The molecule has 4 nitrogen and oxygen atoms in total. The molecule has 0 aliphatic heterocycles. The highest BCUT2D eigenvalue weighted by Crippen LogP contribution is 2.24. The largest absolute Gasteiger partial charge is 0.294 e. The van der Waals surface area contributed by atoms with Crippen LogP contribution >= 0.6 is 15.9 Å². The zero-order valence-electron chi connectivity index (χ0n) is 9.88. The molecular weight excluding hydrogens is 310 g/mol. The fraction of sp³-hybridized carbons (Fsp3) is 0.0714. The first-order chi connectivity index (χ1) is 9.08. The number of non-ortho nitro benzene ring substituents is 1. The number of hydrogen-bond donors (Lipinski definition) is 0. The van der Waals surface area contributed by atoms with E-state index in [1.54, 1.807) is 30.3 Å². The summed E-state index contributed by atoms with van der Waals surface area (Å²) in [7, 11) is 0. The molecule has 0 amide bonds. The monoisotopic (exact) mass is 319 g/mol. The fourth-order valence-corrected chi connectivity index (χ4v) is 2.20. The van der Waals surface area contributed by atoms with Gasteiger partial charge >= 0.3 is 0 Å². The summed E-state index contributed by atoms with van der Waals surface area (Å²) in [6.07, 6.45) is 0.211. The molecule has 2 rings (SSSR count). The van der Waals surface area contributed by atoms with E-state index < -0.39 is 4.92 Å². The minimum atomic E-state index is -0.465. The van der Waals surface area contributed by atoms with E-state index >= 15 is 0 Å². The Morgan fingerprint density at radius 3 is 2.42 bits per heavy atom. The molecular formula is C14H10BrNO3. The number of hydrogen-bond acceptors (Lipinski definition) is 3. The summed E-state index contributed by atoms with van der Waals surface area (Å²) < 4.78 is 0.575. The highest BCUT2D eigenvalue weighted by Gasteiger charge is 2.12. The van der Waals surface area contributed by atoms with Gasteiger partial charge in [0.15, 0.2) is 5.78 Å². The molecule has 0 unspecified atom stereocenters. The molecule has 2 aromatic carbocycles. The minimum absolute atomic E-state index is 0.00258. The Morgan fingerprint density at radius 2 is 1.84 bits per heavy atom. The number of carbonyl (C=O) groups excluding carboxylic acids is 1. The highest BCUT2D eigenvalue weighted by molar-refractivity contribution is 9.10. The quantitative estimate of drug-likeness (QED) is 0.489. The third-order valence-electron chi connectivity index (χ3n) is 2.69. The van der Waals surface area contributed by atoms with Crippen molar-refractivity contribution in [1.29, 1.82) is 0 Å². The molecule has 0 heterocycles. The molecule has 19 heavy (non-hydrogen) atoms. The lowest BCUT2D eigenvalue weighted by Gasteiger charge is -2.04. The first-order valence-corrected chi connectivity index (χ1v) is 6.38. The number of nitrogens with zero attached hydrogens (tertiary/aromatic N) is 1. The summed E-state index contributed by atoms with van der Waals surface area (Å²) >= 11 is 3.26. The SMILES string of the molecule is O=C(Cc1ccc([N+](=O)[O-])cc1Br)c1ccccc1. The van der Waals surface area contributed by atoms with E-state index in [-0.39, 0.29) is 17.9 Å². The van der Waals surface area contributed by atoms with Crippen LogP contribution in [0.1, 0.15) is 15.9 Å². The minimum Gasteiger partial charge on any atom is -0.294 e. The first-order valence-electron chi connectivity index (χ1n) is 5.59. The van der Waals surface area contributed by atoms with E-state index in [2.05, 4.69) is 15.9 Å². The van der Waals surface area contributed by atoms with Crippen molar-refractivity contribution in [3.63, 3.8) is 0 Å². The molecule has 0 aromatic heterocycles. The van der Waals surface area contributed by atoms with Crippen LogP contribution in [0.5, 0.6) is 0 Å². The number of rotatable bonds is 4. The maximum Gasteiger partial charge on any atom is 0.270 e. The number of nitro benzene ring substituents is 1. The van der Waals surface area contributed by atoms with Gasteiger partial charge in [-0.3, -0.25) is 14.9 Å². The van der Waals surface area contributed by atoms with Gasteiger partial charge in [0, 0.05) is 28.6 Å². The van der Waals surface area contributed by atoms with Crippen molar-refractivity contribution in [2.75, 3.05) is 0 Å². The number of ketones is 1. The lowest BCUT2D eigenvalue weighted by Crippen LogP contribution is -2.04. The lowest BCUT2D eigenvalue weighted by atomic mass is 10.0. The third kappa shape index (κ3) is 3.26. The van der Waals surface area contributed by atoms with Gasteiger partial charge < -0.3 is 0 Å². The van der Waals surface area contributed by atoms with Crippen molar-refractivity contribution in [2.24, 2.45) is 0 Å². The van der Waals surface area contributed by atoms with Gasteiger partial charge in [-0.25, -0.2) is 0 Å². The molecule has 0 saturated carbocycles. The van der Waals surface area contributed by atoms with Gasteiger partial charge in [-0.1, -0.05) is 52.3 Å². The van der Waals surface area contributed by atoms with Crippen LogP contribution in [0.3, 0.4) is 0 Å². The third-order valence-corrected chi connectivity index (χ3v) is 3.43. The Morgan fingerprint density at radius 1 is 1.16 bits per heavy atom. The molecule has 0 spiro atoms. The van der Waals surface area contributed by atoms with Crippen LogP contribution in [0.4, 0.5) is 5.69 Å². The van der Waals surface area contributed by atoms with Gasteiger partial charge in [-0.2, -0.15) is 0 Å². The zero-order valence-corrected chi connectivity index (χ0v) is 11.5. The van der Waals surface area contributed by atoms with E-state index in [4.69, 9.17) is 0 Å². The van der Waals surface area contributed by atoms with Gasteiger partial charge in [-0.15, -0.1) is 0 Å². The van der Waals surface area contributed by atoms with E-state index in [1.165, 1.54) is 12.1 Å². The zero-order chi connectivity index (χ0) is 13.8. The Balaban J connectivity index is 2.20. The summed E-state index contributed by atoms with van der Waals surface area (Å²) in [6, 6.07) is 13.4. The van der Waals surface area contributed by atoms with Gasteiger partial charge in [-0.05, 0) is 5.56 Å². The molecule has 0 fully saturated rings. The van der Waals surface area contributed by atoms with Gasteiger partial charge in [0.05, 0.1) is 4.92 Å². The van der Waals surface area contributed by atoms with Crippen LogP contribution in [0.15, 0.2) is 53.0 Å². The number of carbonyl (C=O) groups is 1. The molecule has 0 aliphatic carbocycles. The van der Waals surface area contributed by atoms with Crippen LogP contribution in [-0.2, 0) is 6.42 Å². The van der Waals surface area contributed by atoms with E-state index in [0.29, 0.717) is 10.0 Å². The van der Waals surface area contributed by atoms with Crippen molar-refractivity contribution < 1.29 is 9.72 Å². The molecule has 2 aromatic rings. The fourth-order valence-electron chi connectivity index (χ4n) is 1.69. The second-order valence-corrected chi connectivity index (χ2v) is 4.85. The summed E-state index contributed by atoms with van der Waals surface area (Å²) in [5.74, 6) is -0.0184. The number of nitro groups is 1. The standard InChI is InChI=1S/C14H10BrNO3/c15-13-9-12(16(18)19)7-6-11(13)8-14(17)10-4-2-1-3-5-10/h1-7,9H,8H2. The van der Waals surface area contributed by atoms with Crippen molar-refractivity contribution >= 4 is 27.4 Å². The van der Waals surface area contributed by atoms with Crippen molar-refractivity contribution in [3.05, 3.63) is 74.2 Å². The van der Waals surface area contributed by atoms with Crippen LogP contribution < -0.4 is 0 Å². The highest BCUT2D eigenvalue weighted by atomic mass is 79.9. The predicted octanol–water partition coefficient (Wildman–Crippen LogP) is 3.78. The molecule has 0 aliphatic rings. The Hall–Kier alpha value is -2.01. The average molecular weight is 320 g/mol. The Labute approximate surface area is 118 Å². The van der Waals surface area contributed by atoms with E-state index in [0.717, 1.165) is 5.56 Å². The molecule has 0 N–H and O–H groups in total. The maximum absolute atomic E-state index is 12.0. The molecule has 0 radical (unpaired) electrons. The Bertz CT molecular complexity index is 626. The van der Waals surface area contributed by atoms with Gasteiger partial charge in [0.2, 0.25) is 0 Å². The smallest absolute Gasteiger partial charge is 0.270 e. The lowest BCUT2D eigenvalue weighted by molar-refractivity contribution is -0.384. The normalized spacial score (nSPS) is 10.2. The summed E-state index contributed by atoms with van der Waals surface area (Å²) in [4.78, 5) is 22.2. The summed E-state index contributed by atoms with van der Waals surface area (Å²) in [5, 5.41) is 10.6. The first kappa shape index (κ1) is 13.4. The number of Topliss-reactive ketones (excluding diaryl/α,β-unsaturated/α-hetero) is 1. The maximum atomic E-state index is 12.0. The van der Waals surface area contributed by atoms with Crippen LogP contribution in [0.2, 0.25) is 0 Å². The number of benzene rings is 2. The molecule has 96 valence electrons. The van der Waals surface area contributed by atoms with Crippen molar-refractivity contribution in [3.8, 4) is 0 Å². The Kier molecular flexibility index (Phi) is 4.06. The number of halogens is 1. The van der Waals surface area contributed by atoms with Crippen LogP contribution in [0, 0.1) is 10.1 Å². The van der Waals surface area contributed by atoms with Crippen LogP contribution in [-0.4, -0.2) is 10.7 Å². The van der Waals surface area contributed by atoms with Crippen molar-refractivity contribution in [2.45, 2.75) is 6.42 Å². The van der Waals surface area contributed by atoms with Gasteiger partial charge in [0.25, 0.3) is 5.69 Å². The summed E-state index contributed by atoms with van der Waals surface area (Å²) in [6.45, 7) is 0. The average Bonchev–Trinajstić information content (AvgIpc) is 2.41.